The fraction of sp³-hybridized carbons (Fsp3) is 0.200. The molecule has 0 atom stereocenters. The van der Waals surface area contributed by atoms with Crippen LogP contribution in [0.3, 0.4) is 0 Å². The third kappa shape index (κ3) is 0.332. The van der Waals surface area contributed by atoms with Crippen molar-refractivity contribution in [2.75, 3.05) is 0 Å². The van der Waals surface area contributed by atoms with E-state index in [1.807, 2.05) is 0 Å². The van der Waals surface area contributed by atoms with Crippen LogP contribution in [0.2, 0.25) is 0 Å². The van der Waals surface area contributed by atoms with E-state index in [2.05, 4.69) is 10.1 Å². The van der Waals surface area contributed by atoms with Gasteiger partial charge in [0.1, 0.15) is 0 Å². The molecular weight excluding hydrogens is 104 g/mol. The fourth-order valence-corrected chi connectivity index (χ4v) is 0.721. The van der Waals surface area contributed by atoms with Crippen LogP contribution in [-0.2, 0) is 6.54 Å². The van der Waals surface area contributed by atoms with Crippen LogP contribution in [0, 0.1) is 0 Å². The number of hydrogen-bond acceptors (Lipinski definition) is 3. The maximum atomic E-state index is 4.78. The topological polar surface area (TPSA) is 38.4 Å². The van der Waals surface area contributed by atoms with E-state index in [1.165, 1.54) is 0 Å². The minimum atomic E-state index is 0.735. The Kier molecular flexibility index (Phi) is 0.566. The first-order valence-corrected chi connectivity index (χ1v) is 2.40. The molecule has 40 valence electrons. The zero-order valence-electron chi connectivity index (χ0n) is 4.16. The van der Waals surface area contributed by atoms with Gasteiger partial charge in [0.05, 0.1) is 19.0 Å². The highest BCUT2D eigenvalue weighted by Crippen LogP contribution is 2.11. The molecule has 0 amide bonds. The predicted octanol–water partition coefficient (Wildman–Crippen LogP) is 0.607. The van der Waals surface area contributed by atoms with E-state index in [0.29, 0.717) is 0 Å². The van der Waals surface area contributed by atoms with Gasteiger partial charge < -0.3 is 4.52 Å². The summed E-state index contributed by atoms with van der Waals surface area (Å²) in [6, 6.07) is 0. The van der Waals surface area contributed by atoms with Gasteiger partial charge in [0, 0.05) is 5.56 Å². The van der Waals surface area contributed by atoms with E-state index >= 15 is 0 Å². The number of nitrogens with zero attached hydrogens (tertiary/aromatic N) is 2. The van der Waals surface area contributed by atoms with E-state index < -0.39 is 0 Å². The second kappa shape index (κ2) is 1.18. The van der Waals surface area contributed by atoms with Crippen LogP contribution in [0.25, 0.3) is 0 Å². The lowest BCUT2D eigenvalue weighted by Gasteiger charge is -1.73. The van der Waals surface area contributed by atoms with Crippen molar-refractivity contribution in [2.24, 2.45) is 4.99 Å². The molecule has 0 unspecified atom stereocenters. The SMILES string of the molecule is C1=NCc2cnoc21. The quantitative estimate of drug-likeness (QED) is 0.488. The van der Waals surface area contributed by atoms with Crippen molar-refractivity contribution >= 4 is 6.21 Å². The lowest BCUT2D eigenvalue weighted by atomic mass is 10.3. The molecule has 3 nitrogen and oxygen atoms in total. The summed E-state index contributed by atoms with van der Waals surface area (Å²) in [5.41, 5.74) is 1.09. The van der Waals surface area contributed by atoms with E-state index in [-0.39, 0.29) is 0 Å². The molecule has 3 heteroatoms. The molecule has 0 fully saturated rings. The van der Waals surface area contributed by atoms with Gasteiger partial charge in [-0.3, -0.25) is 4.99 Å². The molecule has 0 aromatic carbocycles. The van der Waals surface area contributed by atoms with Crippen molar-refractivity contribution < 1.29 is 4.52 Å². The monoisotopic (exact) mass is 108 g/mol. The average molecular weight is 108 g/mol. The summed E-state index contributed by atoms with van der Waals surface area (Å²) in [7, 11) is 0. The zero-order valence-corrected chi connectivity index (χ0v) is 4.16. The van der Waals surface area contributed by atoms with Crippen LogP contribution in [-0.4, -0.2) is 11.4 Å². The van der Waals surface area contributed by atoms with Gasteiger partial charge in [-0.05, 0) is 0 Å². The van der Waals surface area contributed by atoms with E-state index in [1.54, 1.807) is 12.4 Å². The van der Waals surface area contributed by atoms with Crippen molar-refractivity contribution in [1.29, 1.82) is 0 Å². The maximum absolute atomic E-state index is 4.78. The third-order valence-corrected chi connectivity index (χ3v) is 1.15. The number of fused-ring (bicyclic) bond motifs is 1. The molecule has 1 aliphatic heterocycles. The molecule has 0 saturated carbocycles. The highest BCUT2D eigenvalue weighted by Gasteiger charge is 2.08. The lowest BCUT2D eigenvalue weighted by Crippen LogP contribution is -1.70. The highest BCUT2D eigenvalue weighted by atomic mass is 16.5. The smallest absolute Gasteiger partial charge is 0.182 e. The summed E-state index contributed by atoms with van der Waals surface area (Å²) in [6.45, 7) is 0.735. The summed E-state index contributed by atoms with van der Waals surface area (Å²) in [4.78, 5) is 3.95. The van der Waals surface area contributed by atoms with Crippen LogP contribution in [0.15, 0.2) is 15.7 Å². The first kappa shape index (κ1) is 3.83. The lowest BCUT2D eigenvalue weighted by molar-refractivity contribution is 0.415. The standard InChI is InChI=1S/C5H4N2O/c1-4-2-7-8-5(4)3-6-1/h2-3H,1H2. The summed E-state index contributed by atoms with van der Waals surface area (Å²) >= 11 is 0. The Hall–Kier alpha value is -1.12. The highest BCUT2D eigenvalue weighted by molar-refractivity contribution is 5.80. The molecule has 0 saturated heterocycles. The summed E-state index contributed by atoms with van der Waals surface area (Å²) in [5.74, 6) is 0.810. The molecule has 1 aliphatic rings. The maximum Gasteiger partial charge on any atom is 0.182 e. The first-order valence-electron chi connectivity index (χ1n) is 2.40. The van der Waals surface area contributed by atoms with Gasteiger partial charge >= 0.3 is 0 Å². The molecule has 1 aromatic rings. The predicted molar refractivity (Wildman–Crippen MR) is 27.8 cm³/mol. The van der Waals surface area contributed by atoms with Gasteiger partial charge in [-0.2, -0.15) is 0 Å². The van der Waals surface area contributed by atoms with Crippen LogP contribution in [0.1, 0.15) is 11.3 Å². The zero-order chi connectivity index (χ0) is 5.40. The van der Waals surface area contributed by atoms with Crippen LogP contribution < -0.4 is 0 Å². The minimum absolute atomic E-state index is 0.735. The third-order valence-electron chi connectivity index (χ3n) is 1.15. The van der Waals surface area contributed by atoms with E-state index in [0.717, 1.165) is 17.9 Å². The first-order chi connectivity index (χ1) is 3.97. The van der Waals surface area contributed by atoms with Crippen molar-refractivity contribution in [2.45, 2.75) is 6.54 Å². The Balaban J connectivity index is 2.67. The van der Waals surface area contributed by atoms with Gasteiger partial charge in [-0.25, -0.2) is 0 Å². The molecular formula is C5H4N2O. The molecule has 0 N–H and O–H groups in total. The van der Waals surface area contributed by atoms with Gasteiger partial charge in [-0.1, -0.05) is 5.16 Å². The Labute approximate surface area is 46.0 Å². The van der Waals surface area contributed by atoms with E-state index in [4.69, 9.17) is 4.52 Å². The van der Waals surface area contributed by atoms with Gasteiger partial charge in [0.25, 0.3) is 0 Å². The number of aromatic nitrogens is 1. The van der Waals surface area contributed by atoms with Crippen LogP contribution >= 0.6 is 0 Å². The van der Waals surface area contributed by atoms with E-state index in [9.17, 15) is 0 Å². The van der Waals surface area contributed by atoms with Crippen LogP contribution in [0.4, 0.5) is 0 Å². The molecule has 8 heavy (non-hydrogen) atoms. The van der Waals surface area contributed by atoms with Gasteiger partial charge in [-0.15, -0.1) is 0 Å². The minimum Gasteiger partial charge on any atom is -0.355 e. The molecule has 0 radical (unpaired) electrons. The number of rotatable bonds is 0. The molecule has 2 rings (SSSR count). The number of aliphatic imine (C=N–C) groups is 1. The Bertz CT molecular complexity index is 226. The van der Waals surface area contributed by atoms with Gasteiger partial charge in [0.2, 0.25) is 0 Å². The normalized spacial score (nSPS) is 14.5. The molecule has 0 spiro atoms. The average Bonchev–Trinajstić information content (AvgIpc) is 2.15. The Morgan fingerprint density at radius 2 is 2.62 bits per heavy atom. The Morgan fingerprint density at radius 3 is 3.50 bits per heavy atom. The number of hydrogen-bond donors (Lipinski definition) is 0. The Morgan fingerprint density at radius 1 is 1.62 bits per heavy atom. The molecule has 2 heterocycles. The molecule has 0 aliphatic carbocycles. The van der Waals surface area contributed by atoms with Crippen molar-refractivity contribution in [1.82, 2.24) is 5.16 Å². The van der Waals surface area contributed by atoms with Crippen molar-refractivity contribution in [3.8, 4) is 0 Å². The van der Waals surface area contributed by atoms with Crippen molar-refractivity contribution in [3.63, 3.8) is 0 Å². The van der Waals surface area contributed by atoms with Crippen LogP contribution in [0.5, 0.6) is 0 Å². The van der Waals surface area contributed by atoms with Crippen molar-refractivity contribution in [3.05, 3.63) is 17.5 Å². The summed E-state index contributed by atoms with van der Waals surface area (Å²) in [6.07, 6.45) is 3.39. The van der Waals surface area contributed by atoms with Gasteiger partial charge in [0.15, 0.2) is 5.76 Å². The summed E-state index contributed by atoms with van der Waals surface area (Å²) < 4.78 is 4.78. The molecule has 1 aromatic heterocycles. The second-order valence-electron chi connectivity index (χ2n) is 1.69. The summed E-state index contributed by atoms with van der Waals surface area (Å²) in [5, 5.41) is 3.58. The molecule has 0 bridgehead atoms. The fourth-order valence-electron chi connectivity index (χ4n) is 0.721. The largest absolute Gasteiger partial charge is 0.355 e. The second-order valence-corrected chi connectivity index (χ2v) is 1.69.